The van der Waals surface area contributed by atoms with E-state index in [0.717, 1.165) is 0 Å². The molecule has 0 aliphatic rings. The molecule has 80 valence electrons. The van der Waals surface area contributed by atoms with E-state index in [2.05, 4.69) is 5.32 Å². The first-order valence-corrected chi connectivity index (χ1v) is 4.49. The summed E-state index contributed by atoms with van der Waals surface area (Å²) in [4.78, 5) is 21.5. The van der Waals surface area contributed by atoms with Crippen LogP contribution in [-0.4, -0.2) is 22.9 Å². The summed E-state index contributed by atoms with van der Waals surface area (Å²) in [5.74, 6) is -2.92. The van der Waals surface area contributed by atoms with Crippen molar-refractivity contribution in [2.24, 2.45) is 0 Å². The SMILES string of the molecule is O=C(CCl)Nc1cccc(C(=O)O)c1[O-]. The summed E-state index contributed by atoms with van der Waals surface area (Å²) >= 11 is 5.23. The van der Waals surface area contributed by atoms with Gasteiger partial charge in [0.05, 0.1) is 5.56 Å². The number of halogens is 1. The van der Waals surface area contributed by atoms with Crippen LogP contribution in [0.4, 0.5) is 5.69 Å². The van der Waals surface area contributed by atoms with Crippen molar-refractivity contribution in [3.63, 3.8) is 0 Å². The van der Waals surface area contributed by atoms with Crippen molar-refractivity contribution in [3.8, 4) is 5.75 Å². The third kappa shape index (κ3) is 2.60. The van der Waals surface area contributed by atoms with Gasteiger partial charge < -0.3 is 15.5 Å². The van der Waals surface area contributed by atoms with Crippen LogP contribution in [0.5, 0.6) is 5.75 Å². The third-order valence-electron chi connectivity index (χ3n) is 1.64. The van der Waals surface area contributed by atoms with Gasteiger partial charge in [0.2, 0.25) is 5.91 Å². The lowest BCUT2D eigenvalue weighted by Crippen LogP contribution is -2.15. The number of hydrogen-bond acceptors (Lipinski definition) is 3. The fourth-order valence-electron chi connectivity index (χ4n) is 0.987. The zero-order valence-electron chi connectivity index (χ0n) is 7.49. The lowest BCUT2D eigenvalue weighted by Gasteiger charge is -2.16. The zero-order chi connectivity index (χ0) is 11.4. The molecule has 6 heteroatoms. The largest absolute Gasteiger partial charge is 0.870 e. The van der Waals surface area contributed by atoms with E-state index in [-0.39, 0.29) is 17.1 Å². The molecular formula is C9H7ClNO4-. The lowest BCUT2D eigenvalue weighted by atomic mass is 10.1. The van der Waals surface area contributed by atoms with Crippen molar-refractivity contribution < 1.29 is 19.8 Å². The van der Waals surface area contributed by atoms with Gasteiger partial charge in [-0.15, -0.1) is 11.6 Å². The van der Waals surface area contributed by atoms with Gasteiger partial charge in [0, 0.05) is 5.69 Å². The number of amides is 1. The van der Waals surface area contributed by atoms with Crippen molar-refractivity contribution in [3.05, 3.63) is 23.8 Å². The molecule has 1 aromatic carbocycles. The highest BCUT2D eigenvalue weighted by Crippen LogP contribution is 2.24. The molecule has 0 unspecified atom stereocenters. The molecule has 0 spiro atoms. The maximum absolute atomic E-state index is 11.4. The molecule has 0 bridgehead atoms. The van der Waals surface area contributed by atoms with E-state index < -0.39 is 17.6 Å². The fourth-order valence-corrected chi connectivity index (χ4v) is 1.05. The predicted molar refractivity (Wildman–Crippen MR) is 52.2 cm³/mol. The summed E-state index contributed by atoms with van der Waals surface area (Å²) < 4.78 is 0. The van der Waals surface area contributed by atoms with Crippen molar-refractivity contribution in [1.29, 1.82) is 0 Å². The number of aromatic carboxylic acids is 1. The van der Waals surface area contributed by atoms with Gasteiger partial charge in [-0.3, -0.25) is 4.79 Å². The maximum atomic E-state index is 11.4. The second kappa shape index (κ2) is 4.65. The Labute approximate surface area is 90.3 Å². The summed E-state index contributed by atoms with van der Waals surface area (Å²) in [5, 5.41) is 22.3. The fraction of sp³-hybridized carbons (Fsp3) is 0.111. The quantitative estimate of drug-likeness (QED) is 0.743. The molecular weight excluding hydrogens is 222 g/mol. The molecule has 0 saturated carbocycles. The monoisotopic (exact) mass is 228 g/mol. The molecule has 1 aromatic rings. The number of carboxylic acids is 1. The summed E-state index contributed by atoms with van der Waals surface area (Å²) in [6, 6.07) is 3.86. The van der Waals surface area contributed by atoms with Gasteiger partial charge in [-0.05, 0) is 12.1 Å². The Balaban J connectivity index is 3.04. The van der Waals surface area contributed by atoms with Gasteiger partial charge in [0.1, 0.15) is 5.88 Å². The summed E-state index contributed by atoms with van der Waals surface area (Å²) in [6.45, 7) is 0. The molecule has 2 N–H and O–H groups in total. The average molecular weight is 229 g/mol. The van der Waals surface area contributed by atoms with E-state index in [0.29, 0.717) is 0 Å². The van der Waals surface area contributed by atoms with E-state index in [1.807, 2.05) is 0 Å². The van der Waals surface area contributed by atoms with E-state index in [9.17, 15) is 14.7 Å². The summed E-state index contributed by atoms with van der Waals surface area (Å²) in [7, 11) is 0. The molecule has 1 amide bonds. The van der Waals surface area contributed by atoms with Crippen molar-refractivity contribution in [2.45, 2.75) is 0 Å². The van der Waals surface area contributed by atoms with Gasteiger partial charge in [-0.25, -0.2) is 4.79 Å². The molecule has 0 aliphatic heterocycles. The molecule has 0 fully saturated rings. The first-order chi connectivity index (χ1) is 7.06. The van der Waals surface area contributed by atoms with Crippen molar-refractivity contribution >= 4 is 29.2 Å². The number of carbonyl (C=O) groups is 2. The van der Waals surface area contributed by atoms with Crippen LogP contribution in [-0.2, 0) is 4.79 Å². The Hall–Kier alpha value is -1.75. The van der Waals surface area contributed by atoms with Crippen LogP contribution in [0.3, 0.4) is 0 Å². The Morgan fingerprint density at radius 3 is 2.67 bits per heavy atom. The van der Waals surface area contributed by atoms with Crippen molar-refractivity contribution in [1.82, 2.24) is 0 Å². The zero-order valence-corrected chi connectivity index (χ0v) is 8.25. The van der Waals surface area contributed by atoms with E-state index in [1.165, 1.54) is 18.2 Å². The molecule has 15 heavy (non-hydrogen) atoms. The highest BCUT2D eigenvalue weighted by Gasteiger charge is 2.07. The minimum absolute atomic E-state index is 0.0828. The number of carbonyl (C=O) groups excluding carboxylic acids is 1. The number of hydrogen-bond donors (Lipinski definition) is 2. The summed E-state index contributed by atoms with van der Waals surface area (Å²) in [6.07, 6.45) is 0. The predicted octanol–water partition coefficient (Wildman–Crippen LogP) is 0.636. The molecule has 0 saturated heterocycles. The topological polar surface area (TPSA) is 89.5 Å². The first-order valence-electron chi connectivity index (χ1n) is 3.95. The smallest absolute Gasteiger partial charge is 0.335 e. The van der Waals surface area contributed by atoms with E-state index in [1.54, 1.807) is 0 Å². The molecule has 5 nitrogen and oxygen atoms in total. The van der Waals surface area contributed by atoms with Crippen LogP contribution in [0.25, 0.3) is 0 Å². The number of benzene rings is 1. The Morgan fingerprint density at radius 2 is 2.13 bits per heavy atom. The first kappa shape index (κ1) is 11.3. The highest BCUT2D eigenvalue weighted by molar-refractivity contribution is 6.29. The molecule has 0 atom stereocenters. The van der Waals surface area contributed by atoms with Gasteiger partial charge in [-0.2, -0.15) is 0 Å². The molecule has 0 aromatic heterocycles. The van der Waals surface area contributed by atoms with Crippen LogP contribution in [0.1, 0.15) is 10.4 Å². The van der Waals surface area contributed by atoms with Crippen LogP contribution in [0, 0.1) is 0 Å². The van der Waals surface area contributed by atoms with Gasteiger partial charge in [-0.1, -0.05) is 11.8 Å². The normalized spacial score (nSPS) is 9.67. The molecule has 0 radical (unpaired) electrons. The average Bonchev–Trinajstić information content (AvgIpc) is 2.20. The maximum Gasteiger partial charge on any atom is 0.335 e. The number of alkyl halides is 1. The number of para-hydroxylation sites is 1. The van der Waals surface area contributed by atoms with E-state index in [4.69, 9.17) is 16.7 Å². The highest BCUT2D eigenvalue weighted by atomic mass is 35.5. The molecule has 0 aliphatic carbocycles. The Morgan fingerprint density at radius 1 is 1.47 bits per heavy atom. The third-order valence-corrected chi connectivity index (χ3v) is 1.88. The van der Waals surface area contributed by atoms with Crippen LogP contribution < -0.4 is 10.4 Å². The number of carboxylic acid groups (broad SMARTS) is 1. The number of anilines is 1. The Kier molecular flexibility index (Phi) is 3.51. The van der Waals surface area contributed by atoms with Gasteiger partial charge in [0.15, 0.2) is 0 Å². The molecule has 0 heterocycles. The number of nitrogens with one attached hydrogen (secondary N) is 1. The van der Waals surface area contributed by atoms with Crippen LogP contribution in [0.2, 0.25) is 0 Å². The summed E-state index contributed by atoms with van der Waals surface area (Å²) in [5.41, 5.74) is -0.470. The second-order valence-corrected chi connectivity index (χ2v) is 2.94. The van der Waals surface area contributed by atoms with Gasteiger partial charge >= 0.3 is 5.97 Å². The minimum Gasteiger partial charge on any atom is -0.870 e. The standard InChI is InChI=1S/C9H8ClNO4/c10-4-7(12)11-6-3-1-2-5(8(6)13)9(14)15/h1-3,13H,4H2,(H,11,12)(H,14,15)/p-1. The van der Waals surface area contributed by atoms with Gasteiger partial charge in [0.25, 0.3) is 0 Å². The van der Waals surface area contributed by atoms with Crippen LogP contribution >= 0.6 is 11.6 Å². The number of rotatable bonds is 3. The minimum atomic E-state index is -1.33. The Bertz CT molecular complexity index is 405. The van der Waals surface area contributed by atoms with Crippen LogP contribution in [0.15, 0.2) is 18.2 Å². The molecule has 1 rings (SSSR count). The second-order valence-electron chi connectivity index (χ2n) is 2.67. The van der Waals surface area contributed by atoms with E-state index >= 15 is 0 Å². The lowest BCUT2D eigenvalue weighted by molar-refractivity contribution is -0.267. The van der Waals surface area contributed by atoms with Crippen molar-refractivity contribution in [2.75, 3.05) is 11.2 Å².